The first-order valence-electron chi connectivity index (χ1n) is 3.86. The van der Waals surface area contributed by atoms with Gasteiger partial charge in [-0.1, -0.05) is 9.39 Å². The van der Waals surface area contributed by atoms with Gasteiger partial charge in [0.2, 0.25) is 0 Å². The highest BCUT2D eigenvalue weighted by molar-refractivity contribution is 7.13. The molecule has 0 amide bonds. The van der Waals surface area contributed by atoms with Gasteiger partial charge in [-0.2, -0.15) is 0 Å². The molecule has 0 aromatic heterocycles. The predicted molar refractivity (Wildman–Crippen MR) is 46.3 cm³/mol. The third-order valence-electron chi connectivity index (χ3n) is 2.08. The average molecular weight is 193 g/mol. The Kier molecular flexibility index (Phi) is 3.41. The molecule has 0 N–H and O–H groups in total. The van der Waals surface area contributed by atoms with Gasteiger partial charge >= 0.3 is 5.97 Å². The quantitative estimate of drug-likeness (QED) is 0.451. The van der Waals surface area contributed by atoms with Gasteiger partial charge in [0, 0.05) is 13.1 Å². The van der Waals surface area contributed by atoms with E-state index in [1.54, 1.807) is 4.67 Å². The summed E-state index contributed by atoms with van der Waals surface area (Å²) in [5.74, 6) is -0.993. The van der Waals surface area contributed by atoms with Crippen molar-refractivity contribution in [3.63, 3.8) is 0 Å². The van der Waals surface area contributed by atoms with E-state index >= 15 is 0 Å². The Morgan fingerprint density at radius 3 is 2.92 bits per heavy atom. The minimum Gasteiger partial charge on any atom is -0.469 e. The zero-order valence-electron chi connectivity index (χ0n) is 7.00. The molecule has 3 atom stereocenters. The molecule has 1 aliphatic rings. The van der Waals surface area contributed by atoms with Crippen LogP contribution in [0.4, 0.5) is 4.39 Å². The predicted octanol–water partition coefficient (Wildman–Crippen LogP) is 0.609. The SMILES string of the molecule is COC(=O)C1CCN(P)CC1F. The second-order valence-corrected chi connectivity index (χ2v) is 3.66. The minimum atomic E-state index is -1.09. The van der Waals surface area contributed by atoms with Crippen LogP contribution < -0.4 is 0 Å². The van der Waals surface area contributed by atoms with Crippen LogP contribution in [-0.2, 0) is 9.53 Å². The van der Waals surface area contributed by atoms with Crippen LogP contribution in [0.2, 0.25) is 0 Å². The first-order valence-corrected chi connectivity index (χ1v) is 4.38. The Morgan fingerprint density at radius 1 is 1.75 bits per heavy atom. The number of carbonyl (C=O) groups is 1. The van der Waals surface area contributed by atoms with E-state index in [9.17, 15) is 9.18 Å². The highest BCUT2D eigenvalue weighted by atomic mass is 31.0. The van der Waals surface area contributed by atoms with Crippen LogP contribution in [0.3, 0.4) is 0 Å². The molecule has 1 rings (SSSR count). The van der Waals surface area contributed by atoms with Crippen LogP contribution in [0.1, 0.15) is 6.42 Å². The number of alkyl halides is 1. The van der Waals surface area contributed by atoms with E-state index < -0.39 is 18.1 Å². The van der Waals surface area contributed by atoms with Crippen molar-refractivity contribution in [1.29, 1.82) is 0 Å². The summed E-state index contributed by atoms with van der Waals surface area (Å²) < 4.78 is 19.5. The van der Waals surface area contributed by atoms with Crippen molar-refractivity contribution >= 4 is 15.4 Å². The number of methoxy groups -OCH3 is 1. The molecule has 3 nitrogen and oxygen atoms in total. The fraction of sp³-hybridized carbons (Fsp3) is 0.857. The lowest BCUT2D eigenvalue weighted by atomic mass is 9.96. The van der Waals surface area contributed by atoms with Crippen molar-refractivity contribution in [2.75, 3.05) is 20.2 Å². The summed E-state index contributed by atoms with van der Waals surface area (Å²) in [5, 5.41) is 0. The minimum absolute atomic E-state index is 0.296. The number of piperidine rings is 1. The van der Waals surface area contributed by atoms with Crippen LogP contribution in [0.15, 0.2) is 0 Å². The van der Waals surface area contributed by atoms with Crippen molar-refractivity contribution in [3.8, 4) is 0 Å². The summed E-state index contributed by atoms with van der Waals surface area (Å²) in [6.45, 7) is 1.02. The Balaban J connectivity index is 2.50. The van der Waals surface area contributed by atoms with Crippen molar-refractivity contribution < 1.29 is 13.9 Å². The lowest BCUT2D eigenvalue weighted by Crippen LogP contribution is -2.40. The first kappa shape index (κ1) is 9.87. The van der Waals surface area contributed by atoms with Crippen molar-refractivity contribution in [2.24, 2.45) is 5.92 Å². The van der Waals surface area contributed by atoms with Crippen molar-refractivity contribution in [1.82, 2.24) is 4.67 Å². The highest BCUT2D eigenvalue weighted by Crippen LogP contribution is 2.23. The standard InChI is InChI=1S/C7H13FNO2P/c1-11-7(10)5-2-3-9(12)4-6(5)8/h5-6H,2-4,12H2,1H3. The lowest BCUT2D eigenvalue weighted by molar-refractivity contribution is -0.149. The topological polar surface area (TPSA) is 29.5 Å². The molecule has 0 spiro atoms. The van der Waals surface area contributed by atoms with E-state index in [0.29, 0.717) is 13.0 Å². The molecule has 0 aliphatic carbocycles. The molecule has 1 heterocycles. The molecule has 0 saturated carbocycles. The average Bonchev–Trinajstić information content (AvgIpc) is 2.03. The van der Waals surface area contributed by atoms with E-state index in [1.165, 1.54) is 7.11 Å². The van der Waals surface area contributed by atoms with Crippen LogP contribution in [0, 0.1) is 5.92 Å². The van der Waals surface area contributed by atoms with Crippen LogP contribution in [0.5, 0.6) is 0 Å². The molecule has 1 fully saturated rings. The summed E-state index contributed by atoms with van der Waals surface area (Å²) in [6.07, 6.45) is -0.555. The zero-order chi connectivity index (χ0) is 9.14. The molecule has 5 heteroatoms. The molecular weight excluding hydrogens is 180 g/mol. The van der Waals surface area contributed by atoms with E-state index in [0.717, 1.165) is 6.54 Å². The smallest absolute Gasteiger partial charge is 0.311 e. The maximum atomic E-state index is 13.2. The second kappa shape index (κ2) is 4.15. The van der Waals surface area contributed by atoms with E-state index in [2.05, 4.69) is 14.1 Å². The van der Waals surface area contributed by atoms with Gasteiger partial charge in [0.15, 0.2) is 0 Å². The van der Waals surface area contributed by atoms with Gasteiger partial charge in [0.1, 0.15) is 6.17 Å². The molecule has 1 aliphatic heterocycles. The van der Waals surface area contributed by atoms with Gasteiger partial charge in [0.25, 0.3) is 0 Å². The molecule has 0 aromatic rings. The van der Waals surface area contributed by atoms with Crippen molar-refractivity contribution in [2.45, 2.75) is 12.6 Å². The number of nitrogens with zero attached hydrogens (tertiary/aromatic N) is 1. The third-order valence-corrected chi connectivity index (χ3v) is 2.55. The number of rotatable bonds is 1. The van der Waals surface area contributed by atoms with Gasteiger partial charge in [-0.25, -0.2) is 4.39 Å². The molecule has 0 bridgehead atoms. The summed E-state index contributed by atoms with van der Waals surface area (Å²) in [6, 6.07) is 0. The van der Waals surface area contributed by atoms with Crippen LogP contribution in [-0.4, -0.2) is 37.0 Å². The Bertz CT molecular complexity index is 179. The summed E-state index contributed by atoms with van der Waals surface area (Å²) in [7, 11) is 3.73. The Morgan fingerprint density at radius 2 is 2.42 bits per heavy atom. The molecular formula is C7H13FNO2P. The van der Waals surface area contributed by atoms with Gasteiger partial charge in [-0.3, -0.25) is 9.46 Å². The number of hydrogen-bond donors (Lipinski definition) is 0. The number of carbonyl (C=O) groups excluding carboxylic acids is 1. The van der Waals surface area contributed by atoms with E-state index in [1.807, 2.05) is 0 Å². The second-order valence-electron chi connectivity index (χ2n) is 2.93. The summed E-state index contributed by atoms with van der Waals surface area (Å²) >= 11 is 0. The maximum Gasteiger partial charge on any atom is 0.311 e. The molecule has 0 aromatic carbocycles. The van der Waals surface area contributed by atoms with Gasteiger partial charge < -0.3 is 4.74 Å². The van der Waals surface area contributed by atoms with Gasteiger partial charge in [0.05, 0.1) is 13.0 Å². The van der Waals surface area contributed by atoms with E-state index in [4.69, 9.17) is 0 Å². The summed E-state index contributed by atoms with van der Waals surface area (Å²) in [4.78, 5) is 11.0. The van der Waals surface area contributed by atoms with Gasteiger partial charge in [-0.15, -0.1) is 0 Å². The molecule has 1 saturated heterocycles. The Labute approximate surface area is 73.5 Å². The first-order chi connectivity index (χ1) is 5.65. The fourth-order valence-corrected chi connectivity index (χ4v) is 1.70. The largest absolute Gasteiger partial charge is 0.469 e. The third kappa shape index (κ3) is 2.14. The molecule has 0 radical (unpaired) electrons. The van der Waals surface area contributed by atoms with Crippen molar-refractivity contribution in [3.05, 3.63) is 0 Å². The normalized spacial score (nSPS) is 31.6. The Hall–Kier alpha value is -0.210. The zero-order valence-corrected chi connectivity index (χ0v) is 8.15. The number of hydrogen-bond acceptors (Lipinski definition) is 3. The summed E-state index contributed by atoms with van der Waals surface area (Å²) in [5.41, 5.74) is 0. The highest BCUT2D eigenvalue weighted by Gasteiger charge is 2.33. The number of halogens is 1. The maximum absolute atomic E-state index is 13.2. The molecule has 12 heavy (non-hydrogen) atoms. The monoisotopic (exact) mass is 193 g/mol. The lowest BCUT2D eigenvalue weighted by Gasteiger charge is -2.30. The van der Waals surface area contributed by atoms with Crippen LogP contribution >= 0.6 is 9.39 Å². The number of ether oxygens (including phenoxy) is 1. The molecule has 70 valence electrons. The van der Waals surface area contributed by atoms with Crippen LogP contribution in [0.25, 0.3) is 0 Å². The number of esters is 1. The fourth-order valence-electron chi connectivity index (χ4n) is 1.35. The molecule has 3 unspecified atom stereocenters. The van der Waals surface area contributed by atoms with Gasteiger partial charge in [-0.05, 0) is 6.42 Å². The van der Waals surface area contributed by atoms with E-state index in [-0.39, 0.29) is 0 Å².